The lowest BCUT2D eigenvalue weighted by atomic mass is 10.0. The molecular formula is C112H87F4N27O4. The van der Waals surface area contributed by atoms with Crippen LogP contribution in [0.5, 0.6) is 0 Å². The number of anilines is 3. The van der Waals surface area contributed by atoms with E-state index in [0.29, 0.717) is 106 Å². The fourth-order valence-electron chi connectivity index (χ4n) is 17.1. The van der Waals surface area contributed by atoms with E-state index in [1.807, 2.05) is 162 Å². The molecule has 16 heterocycles. The summed E-state index contributed by atoms with van der Waals surface area (Å²) in [5, 5.41) is 41.5. The Kier molecular flexibility index (Phi) is 25.9. The average Bonchev–Trinajstić information content (AvgIpc) is 1.63. The molecule has 0 aliphatic heterocycles. The van der Waals surface area contributed by atoms with Gasteiger partial charge in [-0.2, -0.15) is 20.4 Å². The summed E-state index contributed by atoms with van der Waals surface area (Å²) in [6.07, 6.45) is 20.4. The molecule has 0 fully saturated rings. The van der Waals surface area contributed by atoms with Gasteiger partial charge in [-0.3, -0.25) is 59.5 Å². The number of para-hydroxylation sites is 4. The molecule has 0 bridgehead atoms. The van der Waals surface area contributed by atoms with Crippen LogP contribution in [0.15, 0.2) is 293 Å². The number of halogens is 4. The summed E-state index contributed by atoms with van der Waals surface area (Å²) in [6, 6.07) is 66.2. The molecule has 0 aliphatic carbocycles. The minimum Gasteiger partial charge on any atom is -0.337 e. The van der Waals surface area contributed by atoms with Gasteiger partial charge in [-0.1, -0.05) is 145 Å². The van der Waals surface area contributed by atoms with Crippen LogP contribution in [-0.2, 0) is 25.6 Å². The topological polar surface area (TPSA) is 437 Å². The van der Waals surface area contributed by atoms with Gasteiger partial charge in [0.2, 0.25) is 17.7 Å². The molecule has 0 radical (unpaired) electrons. The van der Waals surface area contributed by atoms with Gasteiger partial charge in [0.15, 0.2) is 45.9 Å². The monoisotopic (exact) mass is 1950 g/mol. The van der Waals surface area contributed by atoms with Gasteiger partial charge in [0, 0.05) is 154 Å². The molecule has 16 aromatic heterocycles. The maximum atomic E-state index is 13.5. The number of aromatic amines is 8. The molecule has 0 aliphatic rings. The minimum absolute atomic E-state index is 0.0467. The molecule has 24 rings (SSSR count). The van der Waals surface area contributed by atoms with Crippen LogP contribution < -0.4 is 16.0 Å². The zero-order chi connectivity index (χ0) is 101. The zero-order valence-electron chi connectivity index (χ0n) is 79.5. The van der Waals surface area contributed by atoms with Crippen molar-refractivity contribution in [2.75, 3.05) is 16.0 Å². The second-order valence-electron chi connectivity index (χ2n) is 35.6. The number of carbonyl (C=O) groups excluding carboxylic acids is 4. The predicted molar refractivity (Wildman–Crippen MR) is 560 cm³/mol. The van der Waals surface area contributed by atoms with E-state index < -0.39 is 0 Å². The Hall–Kier alpha value is -19.5. The van der Waals surface area contributed by atoms with Crippen molar-refractivity contribution in [3.05, 3.63) is 322 Å². The van der Waals surface area contributed by atoms with E-state index in [1.54, 1.807) is 124 Å². The van der Waals surface area contributed by atoms with E-state index in [0.717, 1.165) is 166 Å². The highest BCUT2D eigenvalue weighted by Crippen LogP contribution is 2.41. The number of imidazole rings is 4. The highest BCUT2D eigenvalue weighted by Gasteiger charge is 2.25. The summed E-state index contributed by atoms with van der Waals surface area (Å²) in [4.78, 5) is 116. The number of hydrogen-bond donors (Lipinski definition) is 11. The number of carbonyl (C=O) groups is 4. The quantitative estimate of drug-likeness (QED) is 0.0281. The number of hydrogen-bond acceptors (Lipinski definition) is 20. The number of Topliss-reactive ketones (excluding diaryl/α,β-unsaturated/α-hetero) is 1. The molecule has 8 aromatic carbocycles. The molecule has 0 saturated carbocycles. The van der Waals surface area contributed by atoms with Crippen molar-refractivity contribution >= 4 is 129 Å². The van der Waals surface area contributed by atoms with Crippen LogP contribution in [0.4, 0.5) is 34.6 Å². The van der Waals surface area contributed by atoms with E-state index in [4.69, 9.17) is 19.9 Å². The van der Waals surface area contributed by atoms with Gasteiger partial charge >= 0.3 is 0 Å². The third-order valence-electron chi connectivity index (χ3n) is 24.7. The van der Waals surface area contributed by atoms with Crippen LogP contribution in [0.1, 0.15) is 66.5 Å². The number of amides is 3. The molecule has 11 N–H and O–H groups in total. The summed E-state index contributed by atoms with van der Waals surface area (Å²) >= 11 is 0. The van der Waals surface area contributed by atoms with Crippen molar-refractivity contribution in [3.8, 4) is 135 Å². The van der Waals surface area contributed by atoms with Gasteiger partial charge < -0.3 is 35.9 Å². The summed E-state index contributed by atoms with van der Waals surface area (Å²) in [6.45, 7) is 11.3. The van der Waals surface area contributed by atoms with Crippen molar-refractivity contribution in [2.45, 2.75) is 67.2 Å². The molecule has 0 saturated heterocycles. The van der Waals surface area contributed by atoms with Crippen molar-refractivity contribution in [1.29, 1.82) is 0 Å². The van der Waals surface area contributed by atoms with Crippen molar-refractivity contribution in [1.82, 2.24) is 121 Å². The van der Waals surface area contributed by atoms with Gasteiger partial charge in [0.1, 0.15) is 51.8 Å². The first-order valence-electron chi connectivity index (χ1n) is 47.2. The molecule has 722 valence electrons. The molecule has 35 heteroatoms. The predicted octanol–water partition coefficient (Wildman–Crippen LogP) is 23.9. The van der Waals surface area contributed by atoms with Crippen LogP contribution in [0.25, 0.3) is 223 Å². The lowest BCUT2D eigenvalue weighted by molar-refractivity contribution is -0.119. The smallest absolute Gasteiger partial charge is 0.226 e. The van der Waals surface area contributed by atoms with Crippen LogP contribution in [0.3, 0.4) is 0 Å². The molecule has 147 heavy (non-hydrogen) atoms. The van der Waals surface area contributed by atoms with E-state index in [2.05, 4.69) is 117 Å². The number of rotatable bonds is 22. The molecule has 0 unspecified atom stereocenters. The van der Waals surface area contributed by atoms with Crippen LogP contribution in [0, 0.1) is 35.1 Å². The molecule has 0 spiro atoms. The number of ketones is 1. The zero-order valence-corrected chi connectivity index (χ0v) is 79.5. The lowest BCUT2D eigenvalue weighted by Crippen LogP contribution is -2.17. The number of nitrogens with zero attached hydrogens (tertiary/aromatic N) is 16. The van der Waals surface area contributed by atoms with Crippen LogP contribution >= 0.6 is 0 Å². The van der Waals surface area contributed by atoms with E-state index in [1.165, 1.54) is 48.5 Å². The Morgan fingerprint density at radius 1 is 0.306 bits per heavy atom. The van der Waals surface area contributed by atoms with E-state index in [-0.39, 0.29) is 58.6 Å². The van der Waals surface area contributed by atoms with E-state index in [9.17, 15) is 36.7 Å². The summed E-state index contributed by atoms with van der Waals surface area (Å²) < 4.78 is 53.8. The van der Waals surface area contributed by atoms with Gasteiger partial charge in [-0.25, -0.2) is 57.4 Å². The molecule has 3 amide bonds. The Morgan fingerprint density at radius 3 is 0.891 bits per heavy atom. The SMILES string of the molecule is CC(C)C(=O)Nc1cncc(-c2cnc3n[nH]c(-c4nc5c(-c6ccc(F)cc6)cccc5[nH]4)c3c2)c1.CC(C)CC(=O)Nc1cncc(-c2cnc3n[nH]c(-c4nc5c(-c6ccc(F)cc6)cccc5[nH]4)c3c2)c1.CCC(=O)Cc1ccc(-c2cnc3n[nH]c(-c4nc5c(-c6ccc(F)cc6)cccc5[nH]4)c3c2)cn1.CCC(=O)Nc1cncc(-c2cnc3n[nH]c(-c4nc5c(-c6ccc(F)cc6)cccc5[nH]4)c3c2)c1. The Labute approximate surface area is 833 Å². The van der Waals surface area contributed by atoms with Gasteiger partial charge in [-0.15, -0.1) is 0 Å². The largest absolute Gasteiger partial charge is 0.337 e. The van der Waals surface area contributed by atoms with Crippen molar-refractivity contribution in [3.63, 3.8) is 0 Å². The standard InChI is InChI=1S/C29H24FN7O.C28H22FN7O.C28H21FN6O.C27H20FN7O/c1-16(2)10-25(38)33-21-11-18(13-31-15-21)19-12-23-27(36-37-28(23)32-14-19)29-34-24-5-3-4-22(26(24)35-29)17-6-8-20(30)9-7-17;1-15(2)28(37)32-20-10-17(12-30-14-20)18-11-22-25(35-36-26(22)31-13-18)27-33-23-5-3-4-21(24(23)34-27)16-6-8-19(29)9-7-16;1-2-21(36)13-20-11-8-17(14-30-20)18-12-23-26(34-35-27(23)31-15-18)28-32-24-5-3-4-22(25(24)33-28)16-6-9-19(29)10-7-16;1-2-23(36)31-19-10-16(12-29-14-19)17-11-21-25(34-35-26(21)30-13-17)27-32-22-5-3-4-20(24(22)33-27)15-6-8-18(28)9-7-15/h3-9,11-16H,10H2,1-2H3,(H,33,38)(H,34,35)(H,32,36,37);3-15H,1-2H3,(H,32,37)(H,33,34)(H,31,35,36);3-12,14-15H,2,13H2,1H3,(H,32,33)(H,31,34,35);3-14H,2H2,1H3,(H,31,36)(H,32,33)(H,30,34,35). The van der Waals surface area contributed by atoms with Gasteiger partial charge in [0.25, 0.3) is 0 Å². The maximum Gasteiger partial charge on any atom is 0.226 e. The number of fused-ring (bicyclic) bond motifs is 8. The minimum atomic E-state index is -0.283. The summed E-state index contributed by atoms with van der Waals surface area (Å²) in [7, 11) is 0. The molecule has 24 aromatic rings. The second kappa shape index (κ2) is 40.6. The highest BCUT2D eigenvalue weighted by molar-refractivity contribution is 6.04. The molecular weight excluding hydrogens is 1860 g/mol. The Morgan fingerprint density at radius 2 is 0.599 bits per heavy atom. The first kappa shape index (κ1) is 93.8. The Bertz CT molecular complexity index is 9100. The number of nitrogens with one attached hydrogen (secondary N) is 11. The second-order valence-corrected chi connectivity index (χ2v) is 35.6. The van der Waals surface area contributed by atoms with E-state index >= 15 is 0 Å². The maximum absolute atomic E-state index is 13.5. The fraction of sp³-hybridized carbons (Fsp3) is 0.107. The summed E-state index contributed by atoms with van der Waals surface area (Å²) in [5.41, 5.74) is 28.0. The summed E-state index contributed by atoms with van der Waals surface area (Å²) in [5.74, 6) is 1.44. The third-order valence-corrected chi connectivity index (χ3v) is 24.7. The van der Waals surface area contributed by atoms with Crippen molar-refractivity contribution < 1.29 is 36.7 Å². The van der Waals surface area contributed by atoms with Gasteiger partial charge in [-0.05, 0) is 149 Å². The van der Waals surface area contributed by atoms with Crippen LogP contribution in [-0.4, -0.2) is 144 Å². The average molecular weight is 1950 g/mol. The molecule has 0 atom stereocenters. The number of H-pyrrole nitrogens is 8. The number of benzene rings is 8. The van der Waals surface area contributed by atoms with Crippen LogP contribution in [0.2, 0.25) is 0 Å². The van der Waals surface area contributed by atoms with Crippen molar-refractivity contribution in [2.24, 2.45) is 11.8 Å². The fourth-order valence-corrected chi connectivity index (χ4v) is 17.1. The lowest BCUT2D eigenvalue weighted by Gasteiger charge is -2.09. The third kappa shape index (κ3) is 20.1. The normalized spacial score (nSPS) is 11.4. The first-order valence-corrected chi connectivity index (χ1v) is 47.2. The van der Waals surface area contributed by atoms with Gasteiger partial charge in [0.05, 0.1) is 101 Å². The highest BCUT2D eigenvalue weighted by atomic mass is 19.1. The Balaban J connectivity index is 0.000000115. The first-order chi connectivity index (χ1) is 71.6. The number of pyridine rings is 8. The molecule has 31 nitrogen and oxygen atoms in total. The number of aromatic nitrogens is 24.